The molecule has 0 aliphatic heterocycles. The molecule has 8 heteroatoms. The summed E-state index contributed by atoms with van der Waals surface area (Å²) in [5.74, 6) is -1.22. The second-order valence-corrected chi connectivity index (χ2v) is 7.10. The van der Waals surface area contributed by atoms with Gasteiger partial charge >= 0.3 is 18.0 Å². The predicted molar refractivity (Wildman–Crippen MR) is 104 cm³/mol. The van der Waals surface area contributed by atoms with E-state index in [-0.39, 0.29) is 18.7 Å². The van der Waals surface area contributed by atoms with Gasteiger partial charge in [-0.2, -0.15) is 0 Å². The van der Waals surface area contributed by atoms with E-state index < -0.39 is 30.4 Å². The van der Waals surface area contributed by atoms with Gasteiger partial charge in [0.05, 0.1) is 5.56 Å². The Bertz CT molecular complexity index is 818. The summed E-state index contributed by atoms with van der Waals surface area (Å²) in [7, 11) is 0. The fourth-order valence-corrected chi connectivity index (χ4v) is 2.27. The minimum Gasteiger partial charge on any atom is -0.459 e. The van der Waals surface area contributed by atoms with Gasteiger partial charge in [0.15, 0.2) is 0 Å². The SMILES string of the molecule is CC(C)(C)N(CC(=O)OCc1ccccc1)C(=O)OCOC(=O)c1ccncc1. The highest BCUT2D eigenvalue weighted by Crippen LogP contribution is 2.15. The van der Waals surface area contributed by atoms with Gasteiger partial charge in [-0.05, 0) is 38.5 Å². The molecule has 0 bridgehead atoms. The van der Waals surface area contributed by atoms with Crippen LogP contribution in [0.4, 0.5) is 4.79 Å². The van der Waals surface area contributed by atoms with Crippen molar-refractivity contribution in [3.05, 3.63) is 66.0 Å². The highest BCUT2D eigenvalue weighted by molar-refractivity contribution is 5.89. The first kappa shape index (κ1) is 21.9. The van der Waals surface area contributed by atoms with E-state index in [0.29, 0.717) is 0 Å². The van der Waals surface area contributed by atoms with Crippen LogP contribution in [0.3, 0.4) is 0 Å². The molecule has 8 nitrogen and oxygen atoms in total. The number of nitrogens with zero attached hydrogens (tertiary/aromatic N) is 2. The molecule has 0 fully saturated rings. The van der Waals surface area contributed by atoms with Crippen molar-refractivity contribution in [3.8, 4) is 0 Å². The number of amides is 1. The summed E-state index contributed by atoms with van der Waals surface area (Å²) >= 11 is 0. The van der Waals surface area contributed by atoms with E-state index in [9.17, 15) is 14.4 Å². The van der Waals surface area contributed by atoms with Crippen LogP contribution in [-0.2, 0) is 25.6 Å². The molecule has 2 aromatic rings. The molecule has 0 aliphatic carbocycles. The Morgan fingerprint density at radius 1 is 0.931 bits per heavy atom. The fraction of sp³-hybridized carbons (Fsp3) is 0.333. The Labute approximate surface area is 169 Å². The average molecular weight is 400 g/mol. The normalized spacial score (nSPS) is 10.7. The lowest BCUT2D eigenvalue weighted by Gasteiger charge is -2.33. The molecular formula is C21H24N2O6. The van der Waals surface area contributed by atoms with E-state index in [2.05, 4.69) is 4.98 Å². The molecule has 1 amide bonds. The van der Waals surface area contributed by atoms with Crippen molar-refractivity contribution in [2.45, 2.75) is 32.9 Å². The lowest BCUT2D eigenvalue weighted by molar-refractivity contribution is -0.147. The van der Waals surface area contributed by atoms with Crippen molar-refractivity contribution in [1.29, 1.82) is 0 Å². The third-order valence-electron chi connectivity index (χ3n) is 3.85. The summed E-state index contributed by atoms with van der Waals surface area (Å²) in [6, 6.07) is 12.2. The highest BCUT2D eigenvalue weighted by Gasteiger charge is 2.30. The number of hydrogen-bond acceptors (Lipinski definition) is 7. The largest absolute Gasteiger partial charge is 0.459 e. The second kappa shape index (κ2) is 10.2. The molecule has 0 radical (unpaired) electrons. The molecule has 0 atom stereocenters. The van der Waals surface area contributed by atoms with Crippen molar-refractivity contribution in [3.63, 3.8) is 0 Å². The lowest BCUT2D eigenvalue weighted by Crippen LogP contribution is -2.49. The van der Waals surface area contributed by atoms with Crippen molar-refractivity contribution in [1.82, 2.24) is 9.88 Å². The highest BCUT2D eigenvalue weighted by atomic mass is 16.7. The number of pyridine rings is 1. The summed E-state index contributed by atoms with van der Waals surface area (Å²) in [6.07, 6.45) is 2.10. The van der Waals surface area contributed by atoms with Crippen LogP contribution < -0.4 is 0 Å². The predicted octanol–water partition coefficient (Wildman–Crippen LogP) is 3.18. The zero-order valence-electron chi connectivity index (χ0n) is 16.7. The van der Waals surface area contributed by atoms with Crippen LogP contribution in [0.25, 0.3) is 0 Å². The number of hydrogen-bond donors (Lipinski definition) is 0. The van der Waals surface area contributed by atoms with Gasteiger partial charge < -0.3 is 14.2 Å². The number of ether oxygens (including phenoxy) is 3. The molecule has 154 valence electrons. The van der Waals surface area contributed by atoms with Crippen LogP contribution in [0.1, 0.15) is 36.7 Å². The second-order valence-electron chi connectivity index (χ2n) is 7.10. The van der Waals surface area contributed by atoms with Gasteiger partial charge in [0.25, 0.3) is 0 Å². The van der Waals surface area contributed by atoms with Gasteiger partial charge in [-0.3, -0.25) is 14.7 Å². The minimum absolute atomic E-state index is 0.107. The van der Waals surface area contributed by atoms with E-state index >= 15 is 0 Å². The number of rotatable bonds is 7. The van der Waals surface area contributed by atoms with Crippen molar-refractivity contribution < 1.29 is 28.6 Å². The molecule has 0 saturated carbocycles. The van der Waals surface area contributed by atoms with Gasteiger partial charge in [0.1, 0.15) is 13.2 Å². The molecule has 0 aliphatic rings. The van der Waals surface area contributed by atoms with Crippen LogP contribution in [-0.4, -0.2) is 46.8 Å². The van der Waals surface area contributed by atoms with Gasteiger partial charge in [-0.1, -0.05) is 30.3 Å². The van der Waals surface area contributed by atoms with Gasteiger partial charge in [-0.25, -0.2) is 9.59 Å². The van der Waals surface area contributed by atoms with E-state index in [0.717, 1.165) is 5.56 Å². The van der Waals surface area contributed by atoms with Crippen molar-refractivity contribution in [2.24, 2.45) is 0 Å². The molecule has 0 N–H and O–H groups in total. The first-order valence-electron chi connectivity index (χ1n) is 8.98. The van der Waals surface area contributed by atoms with Crippen molar-refractivity contribution in [2.75, 3.05) is 13.3 Å². The first-order valence-corrected chi connectivity index (χ1v) is 8.98. The fourth-order valence-electron chi connectivity index (χ4n) is 2.27. The molecule has 1 aromatic heterocycles. The van der Waals surface area contributed by atoms with Gasteiger partial charge in [0.2, 0.25) is 6.79 Å². The monoisotopic (exact) mass is 400 g/mol. The topological polar surface area (TPSA) is 95.0 Å². The molecule has 1 heterocycles. The molecular weight excluding hydrogens is 376 g/mol. The van der Waals surface area contributed by atoms with E-state index in [1.807, 2.05) is 30.3 Å². The molecule has 0 saturated heterocycles. The van der Waals surface area contributed by atoms with E-state index in [4.69, 9.17) is 14.2 Å². The summed E-state index contributed by atoms with van der Waals surface area (Å²) in [4.78, 5) is 41.5. The van der Waals surface area contributed by atoms with Gasteiger partial charge in [0, 0.05) is 17.9 Å². The Kier molecular flexibility index (Phi) is 7.70. The number of benzene rings is 1. The summed E-state index contributed by atoms with van der Waals surface area (Å²) < 4.78 is 15.2. The van der Waals surface area contributed by atoms with E-state index in [1.54, 1.807) is 20.8 Å². The van der Waals surface area contributed by atoms with Gasteiger partial charge in [-0.15, -0.1) is 0 Å². The summed E-state index contributed by atoms with van der Waals surface area (Å²) in [5, 5.41) is 0. The standard InChI is InChI=1S/C21H24N2O6/c1-21(2,3)23(13-18(24)27-14-16-7-5-4-6-8-16)20(26)29-15-28-19(25)17-9-11-22-12-10-17/h4-12H,13-15H2,1-3H3. The third-order valence-corrected chi connectivity index (χ3v) is 3.85. The zero-order valence-corrected chi connectivity index (χ0v) is 16.7. The number of carbonyl (C=O) groups is 3. The summed E-state index contributed by atoms with van der Waals surface area (Å²) in [6.45, 7) is 4.49. The molecule has 1 aromatic carbocycles. The van der Waals surface area contributed by atoms with Crippen molar-refractivity contribution >= 4 is 18.0 Å². The molecule has 29 heavy (non-hydrogen) atoms. The lowest BCUT2D eigenvalue weighted by atomic mass is 10.1. The maximum absolute atomic E-state index is 12.4. The third kappa shape index (κ3) is 7.25. The van der Waals surface area contributed by atoms with E-state index in [1.165, 1.54) is 29.4 Å². The molecule has 0 unspecified atom stereocenters. The van der Waals surface area contributed by atoms with Crippen LogP contribution in [0, 0.1) is 0 Å². The number of esters is 2. The Balaban J connectivity index is 1.85. The minimum atomic E-state index is -0.795. The average Bonchev–Trinajstić information content (AvgIpc) is 2.71. The number of carbonyl (C=O) groups excluding carboxylic acids is 3. The smallest absolute Gasteiger partial charge is 0.413 e. The Morgan fingerprint density at radius 3 is 2.21 bits per heavy atom. The number of aromatic nitrogens is 1. The zero-order chi connectivity index (χ0) is 21.3. The maximum atomic E-state index is 12.4. The maximum Gasteiger partial charge on any atom is 0.413 e. The molecule has 0 spiro atoms. The first-order chi connectivity index (χ1) is 13.8. The van der Waals surface area contributed by atoms with Crippen LogP contribution in [0.5, 0.6) is 0 Å². The Hall–Kier alpha value is -3.42. The van der Waals surface area contributed by atoms with Crippen LogP contribution >= 0.6 is 0 Å². The Morgan fingerprint density at radius 2 is 1.59 bits per heavy atom. The quantitative estimate of drug-likeness (QED) is 0.520. The van der Waals surface area contributed by atoms with Crippen LogP contribution in [0.2, 0.25) is 0 Å². The summed E-state index contributed by atoms with van der Waals surface area (Å²) in [5.41, 5.74) is 0.416. The molecule has 2 rings (SSSR count). The van der Waals surface area contributed by atoms with Crippen LogP contribution in [0.15, 0.2) is 54.9 Å².